The minimum Gasteiger partial charge on any atom is -0.366 e. The maximum atomic E-state index is 5.54. The molecule has 0 bridgehead atoms. The first-order valence-corrected chi connectivity index (χ1v) is 6.06. The van der Waals surface area contributed by atoms with Crippen molar-refractivity contribution in [2.45, 2.75) is 6.10 Å². The van der Waals surface area contributed by atoms with Gasteiger partial charge in [-0.3, -0.25) is 0 Å². The molecule has 5 nitrogen and oxygen atoms in total. The monoisotopic (exact) mass is 237 g/mol. The summed E-state index contributed by atoms with van der Waals surface area (Å²) < 4.78 is 10.7. The molecule has 0 aromatic carbocycles. The van der Waals surface area contributed by atoms with Crippen molar-refractivity contribution in [3.05, 3.63) is 22.7 Å². The van der Waals surface area contributed by atoms with Crippen LogP contribution >= 0.6 is 11.3 Å². The van der Waals surface area contributed by atoms with Gasteiger partial charge in [0.25, 0.3) is 5.89 Å². The molecule has 1 aliphatic rings. The summed E-state index contributed by atoms with van der Waals surface area (Å²) in [6, 6.07) is 1.97. The van der Waals surface area contributed by atoms with Crippen LogP contribution in [0.5, 0.6) is 0 Å². The van der Waals surface area contributed by atoms with E-state index in [0.29, 0.717) is 18.3 Å². The fourth-order valence-corrected chi connectivity index (χ4v) is 2.23. The number of hydrogen-bond donors (Lipinski definition) is 1. The Bertz CT molecular complexity index is 448. The molecule has 1 saturated heterocycles. The Kier molecular flexibility index (Phi) is 2.69. The van der Waals surface area contributed by atoms with E-state index in [9.17, 15) is 0 Å². The van der Waals surface area contributed by atoms with Gasteiger partial charge in [-0.05, 0) is 11.4 Å². The lowest BCUT2D eigenvalue weighted by molar-refractivity contribution is 0.00755. The second kappa shape index (κ2) is 4.32. The predicted octanol–water partition coefficient (Wildman–Crippen LogP) is 1.46. The fraction of sp³-hybridized carbons (Fsp3) is 0.400. The molecule has 1 atom stereocenters. The smallest absolute Gasteiger partial charge is 0.257 e. The van der Waals surface area contributed by atoms with Crippen molar-refractivity contribution >= 4 is 11.3 Å². The molecule has 0 amide bonds. The van der Waals surface area contributed by atoms with E-state index >= 15 is 0 Å². The molecule has 0 radical (unpaired) electrons. The molecule has 2 aromatic heterocycles. The average Bonchev–Trinajstić information content (AvgIpc) is 3.01. The molecule has 3 rings (SSSR count). The van der Waals surface area contributed by atoms with Gasteiger partial charge in [-0.25, -0.2) is 0 Å². The molecule has 1 N–H and O–H groups in total. The zero-order valence-corrected chi connectivity index (χ0v) is 9.37. The summed E-state index contributed by atoms with van der Waals surface area (Å²) in [6.45, 7) is 2.29. The van der Waals surface area contributed by atoms with Crippen LogP contribution in [0.2, 0.25) is 0 Å². The molecule has 2 aromatic rings. The van der Waals surface area contributed by atoms with Gasteiger partial charge >= 0.3 is 0 Å². The quantitative estimate of drug-likeness (QED) is 0.856. The second-order valence-electron chi connectivity index (χ2n) is 3.53. The summed E-state index contributed by atoms with van der Waals surface area (Å²) in [7, 11) is 0. The Morgan fingerprint density at radius 2 is 2.50 bits per heavy atom. The minimum absolute atomic E-state index is 0.117. The van der Waals surface area contributed by atoms with Crippen LogP contribution in [0.15, 0.2) is 21.3 Å². The Labute approximate surface area is 96.4 Å². The lowest BCUT2D eigenvalue weighted by Gasteiger charge is -2.19. The maximum absolute atomic E-state index is 5.54. The summed E-state index contributed by atoms with van der Waals surface area (Å²) in [5.74, 6) is 1.18. The molecule has 84 valence electrons. The number of hydrogen-bond acceptors (Lipinski definition) is 6. The first-order valence-electron chi connectivity index (χ1n) is 5.12. The van der Waals surface area contributed by atoms with E-state index in [2.05, 4.69) is 15.5 Å². The van der Waals surface area contributed by atoms with Gasteiger partial charge in [-0.2, -0.15) is 16.3 Å². The molecular weight excluding hydrogens is 226 g/mol. The first kappa shape index (κ1) is 9.95. The Morgan fingerprint density at radius 3 is 3.25 bits per heavy atom. The number of nitrogens with zero attached hydrogens (tertiary/aromatic N) is 2. The summed E-state index contributed by atoms with van der Waals surface area (Å²) in [5.41, 5.74) is 0.990. The van der Waals surface area contributed by atoms with Gasteiger partial charge in [0.05, 0.1) is 6.61 Å². The molecule has 1 aliphatic heterocycles. The Hall–Kier alpha value is -1.24. The van der Waals surface area contributed by atoms with Crippen LogP contribution in [0.1, 0.15) is 12.0 Å². The van der Waals surface area contributed by atoms with Crippen molar-refractivity contribution in [3.63, 3.8) is 0 Å². The van der Waals surface area contributed by atoms with Gasteiger partial charge in [0.2, 0.25) is 5.82 Å². The predicted molar refractivity (Wildman–Crippen MR) is 59.2 cm³/mol. The molecule has 0 unspecified atom stereocenters. The third kappa shape index (κ3) is 1.87. The molecule has 0 aliphatic carbocycles. The minimum atomic E-state index is -0.117. The van der Waals surface area contributed by atoms with E-state index in [-0.39, 0.29) is 6.10 Å². The highest BCUT2D eigenvalue weighted by Crippen LogP contribution is 2.22. The number of thiophene rings is 1. The lowest BCUT2D eigenvalue weighted by atomic mass is 10.3. The van der Waals surface area contributed by atoms with Gasteiger partial charge in [-0.1, -0.05) is 5.16 Å². The molecular formula is C10H11N3O2S. The molecule has 0 saturated carbocycles. The van der Waals surface area contributed by atoms with Crippen LogP contribution < -0.4 is 5.32 Å². The van der Waals surface area contributed by atoms with Crippen LogP contribution in [-0.4, -0.2) is 29.8 Å². The maximum Gasteiger partial charge on any atom is 0.257 e. The van der Waals surface area contributed by atoms with Crippen molar-refractivity contribution in [1.29, 1.82) is 0 Å². The third-order valence-electron chi connectivity index (χ3n) is 2.42. The van der Waals surface area contributed by atoms with Gasteiger partial charge in [0.1, 0.15) is 6.10 Å². The Morgan fingerprint density at radius 1 is 1.50 bits per heavy atom. The lowest BCUT2D eigenvalue weighted by Crippen LogP contribution is -2.33. The summed E-state index contributed by atoms with van der Waals surface area (Å²) in [4.78, 5) is 4.34. The topological polar surface area (TPSA) is 60.2 Å². The van der Waals surface area contributed by atoms with Crippen LogP contribution in [0.4, 0.5) is 0 Å². The van der Waals surface area contributed by atoms with Gasteiger partial charge in [-0.15, -0.1) is 0 Å². The highest BCUT2D eigenvalue weighted by molar-refractivity contribution is 7.08. The average molecular weight is 237 g/mol. The summed E-state index contributed by atoms with van der Waals surface area (Å²) in [6.07, 6.45) is -0.117. The van der Waals surface area contributed by atoms with Crippen molar-refractivity contribution in [2.75, 3.05) is 19.7 Å². The van der Waals surface area contributed by atoms with Crippen molar-refractivity contribution < 1.29 is 9.26 Å². The van der Waals surface area contributed by atoms with E-state index in [1.54, 1.807) is 11.3 Å². The standard InChI is InChI=1S/C10H11N3O2S/c1-4-16-6-7(1)9-12-10(15-13-9)8-5-11-2-3-14-8/h1,4,6,8,11H,2-3,5H2/t8-/m1/s1. The van der Waals surface area contributed by atoms with Crippen molar-refractivity contribution in [2.24, 2.45) is 0 Å². The number of rotatable bonds is 2. The molecule has 6 heteroatoms. The Balaban J connectivity index is 1.82. The zero-order valence-electron chi connectivity index (χ0n) is 8.55. The van der Waals surface area contributed by atoms with E-state index in [1.807, 2.05) is 16.8 Å². The van der Waals surface area contributed by atoms with Crippen LogP contribution in [0.3, 0.4) is 0 Å². The number of morpholine rings is 1. The van der Waals surface area contributed by atoms with Gasteiger partial charge in [0, 0.05) is 24.0 Å². The SMILES string of the molecule is c1cc(-c2noc([C@H]3CNCCO3)n2)cs1. The first-order chi connectivity index (χ1) is 7.93. The van der Waals surface area contributed by atoms with Crippen molar-refractivity contribution in [3.8, 4) is 11.4 Å². The second-order valence-corrected chi connectivity index (χ2v) is 4.31. The van der Waals surface area contributed by atoms with E-state index in [0.717, 1.165) is 18.7 Å². The number of ether oxygens (including phenoxy) is 1. The molecule has 3 heterocycles. The summed E-state index contributed by atoms with van der Waals surface area (Å²) in [5, 5.41) is 11.2. The van der Waals surface area contributed by atoms with Crippen LogP contribution in [-0.2, 0) is 4.74 Å². The van der Waals surface area contributed by atoms with E-state index in [1.165, 1.54) is 0 Å². The fourth-order valence-electron chi connectivity index (χ4n) is 1.60. The zero-order chi connectivity index (χ0) is 10.8. The number of nitrogens with one attached hydrogen (secondary N) is 1. The largest absolute Gasteiger partial charge is 0.366 e. The van der Waals surface area contributed by atoms with Gasteiger partial charge < -0.3 is 14.6 Å². The van der Waals surface area contributed by atoms with E-state index < -0.39 is 0 Å². The van der Waals surface area contributed by atoms with Crippen molar-refractivity contribution in [1.82, 2.24) is 15.5 Å². The van der Waals surface area contributed by atoms with E-state index in [4.69, 9.17) is 9.26 Å². The summed E-state index contributed by atoms with van der Waals surface area (Å²) >= 11 is 1.61. The highest BCUT2D eigenvalue weighted by Gasteiger charge is 2.22. The third-order valence-corrected chi connectivity index (χ3v) is 3.11. The number of aromatic nitrogens is 2. The molecule has 1 fully saturated rings. The molecule has 0 spiro atoms. The normalized spacial score (nSPS) is 21.1. The molecule has 16 heavy (non-hydrogen) atoms. The van der Waals surface area contributed by atoms with Gasteiger partial charge in [0.15, 0.2) is 0 Å². The highest BCUT2D eigenvalue weighted by atomic mass is 32.1. The van der Waals surface area contributed by atoms with Crippen LogP contribution in [0.25, 0.3) is 11.4 Å². The van der Waals surface area contributed by atoms with Crippen LogP contribution in [0, 0.1) is 0 Å².